The molecule has 5 heteroatoms. The van der Waals surface area contributed by atoms with Crippen LogP contribution in [0.3, 0.4) is 0 Å². The fourth-order valence-corrected chi connectivity index (χ4v) is 1.76. The minimum absolute atomic E-state index is 0.345. The standard InChI is InChI=1S/C14H20N2O2S/c1-9(2)8-15-14(19)16-12-7-5-6-11(10(12)3)13(17)18-4/h5-7,9H,8H2,1-4H3,(H2,15,16,19). The maximum atomic E-state index is 11.6. The van der Waals surface area contributed by atoms with E-state index in [1.54, 1.807) is 12.1 Å². The van der Waals surface area contributed by atoms with Crippen LogP contribution in [0.25, 0.3) is 0 Å². The van der Waals surface area contributed by atoms with Crippen LogP contribution in [0.2, 0.25) is 0 Å². The molecule has 1 aromatic rings. The lowest BCUT2D eigenvalue weighted by Gasteiger charge is -2.15. The number of anilines is 1. The van der Waals surface area contributed by atoms with Gasteiger partial charge in [-0.1, -0.05) is 19.9 Å². The van der Waals surface area contributed by atoms with Crippen LogP contribution in [0.1, 0.15) is 29.8 Å². The molecule has 0 heterocycles. The van der Waals surface area contributed by atoms with Crippen LogP contribution in [0.15, 0.2) is 18.2 Å². The molecule has 0 aromatic heterocycles. The molecule has 0 spiro atoms. The third-order valence-electron chi connectivity index (χ3n) is 2.66. The lowest BCUT2D eigenvalue weighted by Crippen LogP contribution is -2.31. The van der Waals surface area contributed by atoms with Crippen molar-refractivity contribution in [3.05, 3.63) is 29.3 Å². The van der Waals surface area contributed by atoms with Gasteiger partial charge < -0.3 is 15.4 Å². The molecular weight excluding hydrogens is 260 g/mol. The highest BCUT2D eigenvalue weighted by Crippen LogP contribution is 2.19. The van der Waals surface area contributed by atoms with Gasteiger partial charge in [0.2, 0.25) is 0 Å². The molecule has 1 rings (SSSR count). The summed E-state index contributed by atoms with van der Waals surface area (Å²) in [7, 11) is 1.37. The van der Waals surface area contributed by atoms with Crippen molar-refractivity contribution in [2.45, 2.75) is 20.8 Å². The Morgan fingerprint density at radius 1 is 1.42 bits per heavy atom. The van der Waals surface area contributed by atoms with Crippen molar-refractivity contribution in [1.82, 2.24) is 5.32 Å². The lowest BCUT2D eigenvalue weighted by molar-refractivity contribution is 0.0600. The number of esters is 1. The van der Waals surface area contributed by atoms with Gasteiger partial charge in [-0.25, -0.2) is 4.79 Å². The van der Waals surface area contributed by atoms with Gasteiger partial charge in [0, 0.05) is 12.2 Å². The molecule has 0 amide bonds. The summed E-state index contributed by atoms with van der Waals surface area (Å²) in [6.45, 7) is 6.89. The molecule has 1 aromatic carbocycles. The van der Waals surface area contributed by atoms with E-state index in [1.165, 1.54) is 7.11 Å². The predicted molar refractivity (Wildman–Crippen MR) is 81.6 cm³/mol. The van der Waals surface area contributed by atoms with Gasteiger partial charge in [0.05, 0.1) is 12.7 Å². The molecule has 4 nitrogen and oxygen atoms in total. The van der Waals surface area contributed by atoms with Crippen molar-refractivity contribution in [1.29, 1.82) is 0 Å². The number of methoxy groups -OCH3 is 1. The fourth-order valence-electron chi connectivity index (χ4n) is 1.57. The van der Waals surface area contributed by atoms with Gasteiger partial charge in [-0.2, -0.15) is 0 Å². The van der Waals surface area contributed by atoms with Crippen LogP contribution < -0.4 is 10.6 Å². The van der Waals surface area contributed by atoms with Crippen LogP contribution in [-0.4, -0.2) is 24.7 Å². The Morgan fingerprint density at radius 2 is 2.11 bits per heavy atom. The number of hydrogen-bond acceptors (Lipinski definition) is 3. The van der Waals surface area contributed by atoms with E-state index in [2.05, 4.69) is 24.5 Å². The molecule has 104 valence electrons. The topological polar surface area (TPSA) is 50.4 Å². The molecule has 0 aliphatic rings. The molecular formula is C14H20N2O2S. The second kappa shape index (κ2) is 7.09. The summed E-state index contributed by atoms with van der Waals surface area (Å²) in [6, 6.07) is 5.41. The van der Waals surface area contributed by atoms with Crippen molar-refractivity contribution in [3.8, 4) is 0 Å². The van der Waals surface area contributed by atoms with E-state index in [9.17, 15) is 4.79 Å². The summed E-state index contributed by atoms with van der Waals surface area (Å²) in [4.78, 5) is 11.6. The van der Waals surface area contributed by atoms with Gasteiger partial charge in [0.15, 0.2) is 5.11 Å². The molecule has 0 bridgehead atoms. The first-order valence-electron chi connectivity index (χ1n) is 6.18. The van der Waals surface area contributed by atoms with Crippen molar-refractivity contribution < 1.29 is 9.53 Å². The fraction of sp³-hybridized carbons (Fsp3) is 0.429. The lowest BCUT2D eigenvalue weighted by atomic mass is 10.1. The van der Waals surface area contributed by atoms with E-state index < -0.39 is 0 Å². The highest BCUT2D eigenvalue weighted by atomic mass is 32.1. The Labute approximate surface area is 119 Å². The molecule has 19 heavy (non-hydrogen) atoms. The highest BCUT2D eigenvalue weighted by molar-refractivity contribution is 7.80. The van der Waals surface area contributed by atoms with E-state index in [4.69, 9.17) is 17.0 Å². The molecule has 0 radical (unpaired) electrons. The van der Waals surface area contributed by atoms with E-state index in [1.807, 2.05) is 13.0 Å². The molecule has 0 saturated heterocycles. The average molecular weight is 280 g/mol. The van der Waals surface area contributed by atoms with Crippen LogP contribution >= 0.6 is 12.2 Å². The zero-order chi connectivity index (χ0) is 14.4. The number of rotatable bonds is 4. The number of hydrogen-bond donors (Lipinski definition) is 2. The second-order valence-corrected chi connectivity index (χ2v) is 5.11. The van der Waals surface area contributed by atoms with Crippen molar-refractivity contribution in [2.75, 3.05) is 19.0 Å². The van der Waals surface area contributed by atoms with E-state index in [-0.39, 0.29) is 5.97 Å². The van der Waals surface area contributed by atoms with Crippen LogP contribution in [0.5, 0.6) is 0 Å². The average Bonchev–Trinajstić information content (AvgIpc) is 2.38. The van der Waals surface area contributed by atoms with Crippen LogP contribution in [0.4, 0.5) is 5.69 Å². The first-order valence-corrected chi connectivity index (χ1v) is 6.59. The Bertz CT molecular complexity index is 473. The first kappa shape index (κ1) is 15.4. The molecule has 0 aliphatic heterocycles. The zero-order valence-electron chi connectivity index (χ0n) is 11.7. The number of carbonyl (C=O) groups excluding carboxylic acids is 1. The molecule has 0 fully saturated rings. The molecule has 2 N–H and O–H groups in total. The number of carbonyl (C=O) groups is 1. The van der Waals surface area contributed by atoms with Crippen molar-refractivity contribution in [2.24, 2.45) is 5.92 Å². The van der Waals surface area contributed by atoms with Gasteiger partial charge in [0.1, 0.15) is 0 Å². The van der Waals surface area contributed by atoms with Gasteiger partial charge in [-0.3, -0.25) is 0 Å². The minimum Gasteiger partial charge on any atom is -0.465 e. The number of benzene rings is 1. The Morgan fingerprint density at radius 3 is 2.68 bits per heavy atom. The second-order valence-electron chi connectivity index (χ2n) is 4.70. The predicted octanol–water partition coefficient (Wildman–Crippen LogP) is 2.72. The first-order chi connectivity index (χ1) is 8.95. The van der Waals surface area contributed by atoms with Gasteiger partial charge in [-0.15, -0.1) is 0 Å². The number of ether oxygens (including phenoxy) is 1. The summed E-state index contributed by atoms with van der Waals surface area (Å²) >= 11 is 5.21. The van der Waals surface area contributed by atoms with Crippen LogP contribution in [-0.2, 0) is 4.74 Å². The Balaban J connectivity index is 2.79. The normalized spacial score (nSPS) is 10.2. The summed E-state index contributed by atoms with van der Waals surface area (Å²) in [5.41, 5.74) is 2.17. The SMILES string of the molecule is COC(=O)c1cccc(NC(=S)NCC(C)C)c1C. The van der Waals surface area contributed by atoms with Gasteiger partial charge >= 0.3 is 5.97 Å². The van der Waals surface area contributed by atoms with E-state index in [0.29, 0.717) is 16.6 Å². The van der Waals surface area contributed by atoms with Crippen molar-refractivity contribution >= 4 is 29.0 Å². The maximum absolute atomic E-state index is 11.6. The zero-order valence-corrected chi connectivity index (χ0v) is 12.6. The maximum Gasteiger partial charge on any atom is 0.338 e. The Kier molecular flexibility index (Phi) is 5.76. The van der Waals surface area contributed by atoms with Gasteiger partial charge in [0.25, 0.3) is 0 Å². The highest BCUT2D eigenvalue weighted by Gasteiger charge is 2.12. The summed E-state index contributed by atoms with van der Waals surface area (Å²) in [5, 5.41) is 6.78. The van der Waals surface area contributed by atoms with E-state index >= 15 is 0 Å². The smallest absolute Gasteiger partial charge is 0.338 e. The number of thiocarbonyl (C=S) groups is 1. The molecule has 0 unspecified atom stereocenters. The molecule has 0 atom stereocenters. The third kappa shape index (κ3) is 4.52. The third-order valence-corrected chi connectivity index (χ3v) is 2.90. The largest absolute Gasteiger partial charge is 0.465 e. The van der Waals surface area contributed by atoms with Crippen molar-refractivity contribution in [3.63, 3.8) is 0 Å². The number of nitrogens with one attached hydrogen (secondary N) is 2. The molecule has 0 aliphatic carbocycles. The summed E-state index contributed by atoms with van der Waals surface area (Å²) in [6.07, 6.45) is 0. The van der Waals surface area contributed by atoms with Gasteiger partial charge in [-0.05, 0) is 42.8 Å². The van der Waals surface area contributed by atoms with Crippen LogP contribution in [0, 0.1) is 12.8 Å². The molecule has 0 saturated carbocycles. The summed E-state index contributed by atoms with van der Waals surface area (Å²) in [5.74, 6) is 0.171. The van der Waals surface area contributed by atoms with E-state index in [0.717, 1.165) is 17.8 Å². The minimum atomic E-state index is -0.345. The monoisotopic (exact) mass is 280 g/mol. The summed E-state index contributed by atoms with van der Waals surface area (Å²) < 4.78 is 4.74. The quantitative estimate of drug-likeness (QED) is 0.656. The Hall–Kier alpha value is -1.62.